The van der Waals surface area contributed by atoms with Crippen LogP contribution in [-0.4, -0.2) is 32.5 Å². The zero-order valence-electron chi connectivity index (χ0n) is 14.4. The predicted octanol–water partition coefficient (Wildman–Crippen LogP) is 1.76. The van der Waals surface area contributed by atoms with Crippen molar-refractivity contribution in [2.75, 3.05) is 5.75 Å². The van der Waals surface area contributed by atoms with Gasteiger partial charge in [0.25, 0.3) is 15.6 Å². The molecule has 2 aromatic heterocycles. The second-order valence-electron chi connectivity index (χ2n) is 5.78. The van der Waals surface area contributed by atoms with Crippen molar-refractivity contribution in [3.05, 3.63) is 56.0 Å². The minimum atomic E-state index is -4.89. The van der Waals surface area contributed by atoms with Crippen LogP contribution < -0.4 is 11.2 Å². The van der Waals surface area contributed by atoms with Crippen LogP contribution in [0.4, 0.5) is 13.2 Å². The molecule has 0 saturated carbocycles. The topological polar surface area (TPSA) is 96.0 Å². The Bertz CT molecular complexity index is 1320. The van der Waals surface area contributed by atoms with Crippen molar-refractivity contribution < 1.29 is 21.6 Å². The zero-order valence-corrected chi connectivity index (χ0v) is 15.9. The van der Waals surface area contributed by atoms with Crippen molar-refractivity contribution >= 4 is 32.5 Å². The first-order valence-electron chi connectivity index (χ1n) is 7.70. The van der Waals surface area contributed by atoms with Gasteiger partial charge in [-0.1, -0.05) is 11.6 Å². The fourth-order valence-electron chi connectivity index (χ4n) is 2.65. The molecular formula is C15H12ClF3N4O4S. The number of fused-ring (bicyclic) bond motifs is 1. The summed E-state index contributed by atoms with van der Waals surface area (Å²) in [5, 5.41) is 3.87. The lowest BCUT2D eigenvalue weighted by Gasteiger charge is -2.14. The first kappa shape index (κ1) is 20.1. The fourth-order valence-corrected chi connectivity index (χ4v) is 3.83. The monoisotopic (exact) mass is 436 g/mol. The molecule has 0 spiro atoms. The van der Waals surface area contributed by atoms with E-state index in [1.54, 1.807) is 0 Å². The van der Waals surface area contributed by atoms with Gasteiger partial charge in [-0.05, 0) is 25.1 Å². The first-order chi connectivity index (χ1) is 12.9. The van der Waals surface area contributed by atoms with Gasteiger partial charge in [-0.2, -0.15) is 17.3 Å². The zero-order chi connectivity index (χ0) is 21.0. The Labute approximate surface area is 160 Å². The average Bonchev–Trinajstić information content (AvgIpc) is 2.94. The number of hydrogen-bond acceptors (Lipinski definition) is 5. The highest BCUT2D eigenvalue weighted by atomic mass is 35.5. The smallest absolute Gasteiger partial charge is 0.292 e. The minimum absolute atomic E-state index is 0.0156. The molecule has 0 atom stereocenters. The first-order valence-corrected chi connectivity index (χ1v) is 9.69. The van der Waals surface area contributed by atoms with Gasteiger partial charge in [-0.25, -0.2) is 17.8 Å². The molecule has 0 aliphatic carbocycles. The molecule has 0 unspecified atom stereocenters. The third-order valence-corrected chi connectivity index (χ3v) is 5.90. The molecule has 2 heterocycles. The van der Waals surface area contributed by atoms with E-state index in [2.05, 4.69) is 5.10 Å². The van der Waals surface area contributed by atoms with Gasteiger partial charge in [0, 0.05) is 18.5 Å². The van der Waals surface area contributed by atoms with Crippen LogP contribution in [0.2, 0.25) is 5.15 Å². The molecule has 0 aliphatic rings. The van der Waals surface area contributed by atoms with Gasteiger partial charge in [-0.15, -0.1) is 5.10 Å². The number of benzene rings is 1. The van der Waals surface area contributed by atoms with E-state index < -0.39 is 33.1 Å². The summed E-state index contributed by atoms with van der Waals surface area (Å²) in [6.07, 6.45) is -4.89. The SMILES string of the molecule is CCS(=O)(=O)n1nc(Cl)c2ccc(-n3c(=O)cc(C(F)(F)F)n(C)c3=O)cc21. The Morgan fingerprint density at radius 2 is 1.82 bits per heavy atom. The predicted molar refractivity (Wildman–Crippen MR) is 95.4 cm³/mol. The highest BCUT2D eigenvalue weighted by molar-refractivity contribution is 7.89. The van der Waals surface area contributed by atoms with E-state index in [1.807, 2.05) is 0 Å². The number of hydrogen-bond donors (Lipinski definition) is 0. The summed E-state index contributed by atoms with van der Waals surface area (Å²) < 4.78 is 64.8. The van der Waals surface area contributed by atoms with Crippen LogP contribution in [0.15, 0.2) is 33.9 Å². The standard InChI is InChI=1S/C15H12ClF3N4O4S/c1-3-28(26,27)23-10-6-8(4-5-9(10)13(16)20-23)22-12(24)7-11(15(17,18)19)21(2)14(22)25/h4-7H,3H2,1-2H3. The number of aromatic nitrogens is 4. The minimum Gasteiger partial charge on any atom is -0.292 e. The van der Waals surface area contributed by atoms with Crippen molar-refractivity contribution in [3.8, 4) is 5.69 Å². The second-order valence-corrected chi connectivity index (χ2v) is 8.22. The summed E-state index contributed by atoms with van der Waals surface area (Å²) in [5.74, 6) is -0.299. The van der Waals surface area contributed by atoms with Crippen molar-refractivity contribution in [3.63, 3.8) is 0 Å². The summed E-state index contributed by atoms with van der Waals surface area (Å²) in [7, 11) is -2.98. The van der Waals surface area contributed by atoms with Gasteiger partial charge in [-0.3, -0.25) is 9.36 Å². The summed E-state index contributed by atoms with van der Waals surface area (Å²) >= 11 is 5.94. The molecule has 8 nitrogen and oxygen atoms in total. The molecule has 1 aromatic carbocycles. The lowest BCUT2D eigenvalue weighted by molar-refractivity contribution is -0.144. The van der Waals surface area contributed by atoms with Crippen molar-refractivity contribution in [2.45, 2.75) is 13.1 Å². The highest BCUT2D eigenvalue weighted by Gasteiger charge is 2.35. The Kier molecular flexibility index (Phi) is 4.66. The number of halogens is 4. The van der Waals surface area contributed by atoms with Gasteiger partial charge >= 0.3 is 11.9 Å². The summed E-state index contributed by atoms with van der Waals surface area (Å²) in [6, 6.07) is 4.02. The second kappa shape index (κ2) is 6.48. The molecular weight excluding hydrogens is 425 g/mol. The third-order valence-electron chi connectivity index (χ3n) is 4.09. The van der Waals surface area contributed by atoms with Crippen LogP contribution in [0.1, 0.15) is 12.6 Å². The third kappa shape index (κ3) is 3.11. The number of rotatable bonds is 3. The van der Waals surface area contributed by atoms with Crippen molar-refractivity contribution in [1.29, 1.82) is 0 Å². The summed E-state index contributed by atoms with van der Waals surface area (Å²) in [6.45, 7) is 1.39. The van der Waals surface area contributed by atoms with Gasteiger partial charge in [0.05, 0.1) is 17.0 Å². The van der Waals surface area contributed by atoms with Crippen molar-refractivity contribution in [2.24, 2.45) is 7.05 Å². The Hall–Kier alpha value is -2.60. The van der Waals surface area contributed by atoms with Crippen LogP contribution in [0.5, 0.6) is 0 Å². The van der Waals surface area contributed by atoms with Crippen LogP contribution >= 0.6 is 11.6 Å². The van der Waals surface area contributed by atoms with E-state index in [0.29, 0.717) is 19.3 Å². The quantitative estimate of drug-likeness (QED) is 0.623. The molecule has 0 saturated heterocycles. The maximum absolute atomic E-state index is 13.0. The maximum atomic E-state index is 13.0. The van der Waals surface area contributed by atoms with Gasteiger partial charge in [0.2, 0.25) is 0 Å². The van der Waals surface area contributed by atoms with Gasteiger partial charge < -0.3 is 0 Å². The van der Waals surface area contributed by atoms with Gasteiger partial charge in [0.1, 0.15) is 5.69 Å². The lowest BCUT2D eigenvalue weighted by Crippen LogP contribution is -2.40. The molecule has 0 bridgehead atoms. The highest BCUT2D eigenvalue weighted by Crippen LogP contribution is 2.28. The fraction of sp³-hybridized carbons (Fsp3) is 0.267. The number of nitrogens with zero attached hydrogens (tertiary/aromatic N) is 4. The van der Waals surface area contributed by atoms with Crippen LogP contribution in [-0.2, 0) is 23.2 Å². The molecule has 28 heavy (non-hydrogen) atoms. The largest absolute Gasteiger partial charge is 0.431 e. The molecule has 13 heteroatoms. The van der Waals surface area contributed by atoms with E-state index in [0.717, 1.165) is 13.1 Å². The average molecular weight is 437 g/mol. The molecule has 3 rings (SSSR count). The maximum Gasteiger partial charge on any atom is 0.431 e. The van der Waals surface area contributed by atoms with Crippen LogP contribution in [0, 0.1) is 0 Å². The van der Waals surface area contributed by atoms with E-state index >= 15 is 0 Å². The van der Waals surface area contributed by atoms with Crippen LogP contribution in [0.25, 0.3) is 16.6 Å². The van der Waals surface area contributed by atoms with E-state index in [-0.39, 0.29) is 27.5 Å². The molecule has 150 valence electrons. The molecule has 3 aromatic rings. The Morgan fingerprint density at radius 3 is 2.39 bits per heavy atom. The summed E-state index contributed by atoms with van der Waals surface area (Å²) in [4.78, 5) is 24.6. The number of alkyl halides is 3. The van der Waals surface area contributed by atoms with E-state index in [4.69, 9.17) is 11.6 Å². The molecule has 0 fully saturated rings. The van der Waals surface area contributed by atoms with Gasteiger partial charge in [0.15, 0.2) is 5.15 Å². The van der Waals surface area contributed by atoms with Crippen LogP contribution in [0.3, 0.4) is 0 Å². The molecule has 0 amide bonds. The van der Waals surface area contributed by atoms with E-state index in [1.165, 1.54) is 19.1 Å². The molecule has 0 radical (unpaired) electrons. The normalized spacial score (nSPS) is 12.6. The Morgan fingerprint density at radius 1 is 1.18 bits per heavy atom. The van der Waals surface area contributed by atoms with E-state index in [9.17, 15) is 31.2 Å². The Balaban J connectivity index is 2.35. The molecule has 0 N–H and O–H groups in total. The summed E-state index contributed by atoms with van der Waals surface area (Å²) in [5.41, 5.74) is -4.00. The molecule has 0 aliphatic heterocycles. The lowest BCUT2D eigenvalue weighted by atomic mass is 10.2. The van der Waals surface area contributed by atoms with Crippen molar-refractivity contribution in [1.82, 2.24) is 18.3 Å².